The first-order valence-corrected chi connectivity index (χ1v) is 7.84. The Morgan fingerprint density at radius 1 is 0.714 bits per heavy atom. The molecule has 0 saturated carbocycles. The van der Waals surface area contributed by atoms with Crippen molar-refractivity contribution in [3.05, 3.63) is 0 Å². The number of halogens is 5. The van der Waals surface area contributed by atoms with Gasteiger partial charge in [0.25, 0.3) is 0 Å². The van der Waals surface area contributed by atoms with Crippen molar-refractivity contribution in [1.82, 2.24) is 4.90 Å². The Bertz CT molecular complexity index is 253. The van der Waals surface area contributed by atoms with Crippen LogP contribution >= 0.6 is 0 Å². The van der Waals surface area contributed by atoms with E-state index < -0.39 is 18.5 Å². The van der Waals surface area contributed by atoms with Gasteiger partial charge in [-0.15, -0.1) is 0 Å². The summed E-state index contributed by atoms with van der Waals surface area (Å²) in [5, 5.41) is 0. The average Bonchev–Trinajstić information content (AvgIpc) is 2.36. The zero-order valence-electron chi connectivity index (χ0n) is 13.1. The highest BCUT2D eigenvalue weighted by atomic mass is 19.4. The van der Waals surface area contributed by atoms with E-state index in [1.807, 2.05) is 0 Å². The molecule has 0 heterocycles. The molecule has 0 aliphatic heterocycles. The number of alkyl halides is 5. The molecule has 0 aromatic heterocycles. The Kier molecular flexibility index (Phi) is 10.2. The van der Waals surface area contributed by atoms with E-state index in [9.17, 15) is 22.0 Å². The van der Waals surface area contributed by atoms with E-state index in [1.165, 1.54) is 19.3 Å². The Labute approximate surface area is 124 Å². The maximum absolute atomic E-state index is 12.6. The zero-order chi connectivity index (χ0) is 16.4. The van der Waals surface area contributed by atoms with Gasteiger partial charge in [0.05, 0.1) is 0 Å². The third kappa shape index (κ3) is 10.0. The lowest BCUT2D eigenvalue weighted by Crippen LogP contribution is -2.36. The highest BCUT2D eigenvalue weighted by molar-refractivity contribution is 4.75. The Hall–Kier alpha value is -0.390. The van der Waals surface area contributed by atoms with Gasteiger partial charge >= 0.3 is 12.1 Å². The summed E-state index contributed by atoms with van der Waals surface area (Å²) in [6.45, 7) is 4.18. The second-order valence-corrected chi connectivity index (χ2v) is 5.73. The molecule has 0 aliphatic rings. The summed E-state index contributed by atoms with van der Waals surface area (Å²) < 4.78 is 61.0. The van der Waals surface area contributed by atoms with Crippen LogP contribution in [0.15, 0.2) is 0 Å². The number of unbranched alkanes of at least 4 members (excludes halogenated alkanes) is 6. The molecule has 0 bridgehead atoms. The molecule has 0 atom stereocenters. The Morgan fingerprint density at radius 2 is 1.19 bits per heavy atom. The van der Waals surface area contributed by atoms with Gasteiger partial charge in [-0.25, -0.2) is 0 Å². The van der Waals surface area contributed by atoms with Gasteiger partial charge < -0.3 is 4.90 Å². The van der Waals surface area contributed by atoms with Gasteiger partial charge in [0.15, 0.2) is 0 Å². The maximum atomic E-state index is 12.6. The van der Waals surface area contributed by atoms with Crippen molar-refractivity contribution in [2.45, 2.75) is 76.8 Å². The highest BCUT2D eigenvalue weighted by Crippen LogP contribution is 2.39. The van der Waals surface area contributed by atoms with Crippen LogP contribution in [-0.2, 0) is 0 Å². The van der Waals surface area contributed by atoms with Crippen molar-refractivity contribution in [1.29, 1.82) is 0 Å². The topological polar surface area (TPSA) is 3.24 Å². The number of hydrogen-bond acceptors (Lipinski definition) is 1. The molecule has 0 aromatic rings. The molecule has 0 unspecified atom stereocenters. The molecule has 128 valence electrons. The summed E-state index contributed by atoms with van der Waals surface area (Å²) in [5.41, 5.74) is 0. The molecule has 0 amide bonds. The fourth-order valence-electron chi connectivity index (χ4n) is 2.14. The van der Waals surface area contributed by atoms with Crippen LogP contribution in [0.25, 0.3) is 0 Å². The number of nitrogens with zero attached hydrogens (tertiary/aromatic N) is 1. The van der Waals surface area contributed by atoms with E-state index >= 15 is 0 Å². The van der Waals surface area contributed by atoms with Crippen LogP contribution < -0.4 is 0 Å². The van der Waals surface area contributed by atoms with Crippen molar-refractivity contribution in [2.24, 2.45) is 0 Å². The number of hydrogen-bond donors (Lipinski definition) is 0. The minimum Gasteiger partial charge on any atom is -0.306 e. The molecule has 0 rings (SSSR count). The third-order valence-corrected chi connectivity index (χ3v) is 3.59. The molecular formula is C15H28F5N. The minimum atomic E-state index is -5.41. The first-order chi connectivity index (χ1) is 9.70. The van der Waals surface area contributed by atoms with Crippen molar-refractivity contribution in [3.8, 4) is 0 Å². The van der Waals surface area contributed by atoms with Crippen LogP contribution in [0.2, 0.25) is 0 Å². The van der Waals surface area contributed by atoms with Gasteiger partial charge in [0, 0.05) is 6.42 Å². The van der Waals surface area contributed by atoms with Crippen LogP contribution in [0.1, 0.15) is 64.7 Å². The van der Waals surface area contributed by atoms with Crippen molar-refractivity contribution >= 4 is 0 Å². The van der Waals surface area contributed by atoms with Crippen molar-refractivity contribution in [2.75, 3.05) is 20.1 Å². The summed E-state index contributed by atoms with van der Waals surface area (Å²) >= 11 is 0. The molecule has 6 heteroatoms. The fourth-order valence-corrected chi connectivity index (χ4v) is 2.14. The Morgan fingerprint density at radius 3 is 1.71 bits per heavy atom. The van der Waals surface area contributed by atoms with E-state index in [2.05, 4.69) is 18.9 Å². The number of rotatable bonds is 12. The molecule has 0 saturated heterocycles. The molecule has 21 heavy (non-hydrogen) atoms. The minimum absolute atomic E-state index is 0.0706. The van der Waals surface area contributed by atoms with Crippen LogP contribution in [0.3, 0.4) is 0 Å². The van der Waals surface area contributed by atoms with Crippen LogP contribution in [0, 0.1) is 0 Å². The zero-order valence-corrected chi connectivity index (χ0v) is 13.1. The fraction of sp³-hybridized carbons (Fsp3) is 1.00. The van der Waals surface area contributed by atoms with Crippen molar-refractivity contribution < 1.29 is 22.0 Å². The average molecular weight is 317 g/mol. The van der Waals surface area contributed by atoms with Gasteiger partial charge in [-0.2, -0.15) is 22.0 Å². The molecule has 0 aromatic carbocycles. The summed E-state index contributed by atoms with van der Waals surface area (Å²) in [6, 6.07) is 0. The summed E-state index contributed by atoms with van der Waals surface area (Å²) in [6.07, 6.45) is 0.0318. The van der Waals surface area contributed by atoms with Crippen LogP contribution in [0.4, 0.5) is 22.0 Å². The summed E-state index contributed by atoms with van der Waals surface area (Å²) in [4.78, 5) is 2.24. The second-order valence-electron chi connectivity index (χ2n) is 5.73. The summed E-state index contributed by atoms with van der Waals surface area (Å²) in [7, 11) is 2.06. The van der Waals surface area contributed by atoms with Gasteiger partial charge in [0.1, 0.15) is 0 Å². The van der Waals surface area contributed by atoms with E-state index in [1.54, 1.807) is 0 Å². The van der Waals surface area contributed by atoms with E-state index in [-0.39, 0.29) is 6.42 Å². The van der Waals surface area contributed by atoms with Crippen molar-refractivity contribution in [3.63, 3.8) is 0 Å². The largest absolute Gasteiger partial charge is 0.453 e. The van der Waals surface area contributed by atoms with Crippen LogP contribution in [-0.4, -0.2) is 37.1 Å². The lowest BCUT2D eigenvalue weighted by molar-refractivity contribution is -0.284. The SMILES string of the molecule is CCCCCN(C)CCCCCCCC(F)(F)C(F)(F)F. The lowest BCUT2D eigenvalue weighted by Gasteiger charge is -2.19. The third-order valence-electron chi connectivity index (χ3n) is 3.59. The van der Waals surface area contributed by atoms with E-state index in [4.69, 9.17) is 0 Å². The van der Waals surface area contributed by atoms with Gasteiger partial charge in [0.2, 0.25) is 0 Å². The molecule has 0 radical (unpaired) electrons. The van der Waals surface area contributed by atoms with Gasteiger partial charge in [-0.3, -0.25) is 0 Å². The molecule has 0 aliphatic carbocycles. The lowest BCUT2D eigenvalue weighted by atomic mass is 10.1. The second kappa shape index (κ2) is 10.4. The first kappa shape index (κ1) is 20.6. The quantitative estimate of drug-likeness (QED) is 0.332. The van der Waals surface area contributed by atoms with E-state index in [0.717, 1.165) is 32.4 Å². The molecule has 1 nitrogen and oxygen atoms in total. The van der Waals surface area contributed by atoms with E-state index in [0.29, 0.717) is 6.42 Å². The first-order valence-electron chi connectivity index (χ1n) is 7.84. The van der Waals surface area contributed by atoms with Gasteiger partial charge in [-0.05, 0) is 39.4 Å². The summed E-state index contributed by atoms with van der Waals surface area (Å²) in [5.74, 6) is -4.54. The molecule has 0 spiro atoms. The molecular weight excluding hydrogens is 289 g/mol. The molecule has 0 fully saturated rings. The maximum Gasteiger partial charge on any atom is 0.453 e. The standard InChI is InChI=1S/C15H28F5N/c1-3-4-9-12-21(2)13-10-7-5-6-8-11-14(16,17)15(18,19)20/h3-13H2,1-2H3. The predicted molar refractivity (Wildman–Crippen MR) is 75.7 cm³/mol. The smallest absolute Gasteiger partial charge is 0.306 e. The monoisotopic (exact) mass is 317 g/mol. The van der Waals surface area contributed by atoms with Crippen LogP contribution in [0.5, 0.6) is 0 Å². The Balaban J connectivity index is 3.49. The molecule has 0 N–H and O–H groups in total. The normalized spacial score (nSPS) is 13.1. The highest BCUT2D eigenvalue weighted by Gasteiger charge is 2.56. The predicted octanol–water partition coefficient (Wildman–Crippen LogP) is 5.65. The van der Waals surface area contributed by atoms with Gasteiger partial charge in [-0.1, -0.05) is 39.0 Å².